The number of nitrogens with zero attached hydrogens (tertiary/aromatic N) is 1. The van der Waals surface area contributed by atoms with Crippen LogP contribution in [0.1, 0.15) is 43.1 Å². The summed E-state index contributed by atoms with van der Waals surface area (Å²) in [6.45, 7) is 1.60. The zero-order chi connectivity index (χ0) is 13.0. The van der Waals surface area contributed by atoms with Gasteiger partial charge in [0, 0.05) is 6.42 Å². The Morgan fingerprint density at radius 1 is 1.22 bits per heavy atom. The first-order chi connectivity index (χ1) is 8.50. The Morgan fingerprint density at radius 3 is 2.50 bits per heavy atom. The quantitative estimate of drug-likeness (QED) is 0.697. The molecule has 0 aromatic heterocycles. The molecule has 3 rings (SSSR count). The fourth-order valence-electron chi connectivity index (χ4n) is 3.02. The second kappa shape index (κ2) is 3.73. The largest absolute Gasteiger partial charge is 0.330 e. The number of rotatable bonds is 0. The fourth-order valence-corrected chi connectivity index (χ4v) is 3.02. The van der Waals surface area contributed by atoms with Crippen LogP contribution in [-0.2, 0) is 4.79 Å². The minimum Gasteiger partial charge on any atom is -0.330 e. The second-order valence-corrected chi connectivity index (χ2v) is 4.89. The average Bonchev–Trinajstić information content (AvgIpc) is 2.71. The number of carbonyl (C=O) groups excluding carboxylic acids is 1. The summed E-state index contributed by atoms with van der Waals surface area (Å²) in [5.74, 6) is -2.15. The highest BCUT2D eigenvalue weighted by molar-refractivity contribution is 5.80. The van der Waals surface area contributed by atoms with Gasteiger partial charge in [-0.2, -0.15) is 0 Å². The minimum absolute atomic E-state index is 0.120. The van der Waals surface area contributed by atoms with Gasteiger partial charge < -0.3 is 4.90 Å². The van der Waals surface area contributed by atoms with Gasteiger partial charge in [0.1, 0.15) is 6.17 Å². The first-order valence-electron chi connectivity index (χ1n) is 5.94. The summed E-state index contributed by atoms with van der Waals surface area (Å²) in [5.41, 5.74) is 0.586. The Bertz CT molecular complexity index is 531. The lowest BCUT2D eigenvalue weighted by molar-refractivity contribution is -0.133. The molecule has 1 aromatic carbocycles. The summed E-state index contributed by atoms with van der Waals surface area (Å²) >= 11 is 0. The molecule has 1 saturated heterocycles. The van der Waals surface area contributed by atoms with E-state index < -0.39 is 23.8 Å². The maximum absolute atomic E-state index is 14.2. The van der Waals surface area contributed by atoms with Crippen LogP contribution in [0.2, 0.25) is 0 Å². The molecule has 2 nitrogen and oxygen atoms in total. The van der Waals surface area contributed by atoms with Crippen LogP contribution in [0.3, 0.4) is 0 Å². The third kappa shape index (κ3) is 1.39. The van der Waals surface area contributed by atoms with E-state index >= 15 is 0 Å². The lowest BCUT2D eigenvalue weighted by Crippen LogP contribution is -2.42. The van der Waals surface area contributed by atoms with Gasteiger partial charge in [-0.1, -0.05) is 0 Å². The van der Waals surface area contributed by atoms with Crippen LogP contribution >= 0.6 is 0 Å². The average molecular weight is 255 g/mol. The van der Waals surface area contributed by atoms with Crippen molar-refractivity contribution >= 4 is 5.91 Å². The van der Waals surface area contributed by atoms with Crippen LogP contribution in [0.25, 0.3) is 0 Å². The Morgan fingerprint density at radius 2 is 1.83 bits per heavy atom. The molecule has 0 spiro atoms. The molecular formula is C13H12F3NO. The molecule has 2 heterocycles. The SMILES string of the molecule is CC1C(F)c2cc(F)c(F)cc2C2CCC(=O)N21. The number of benzene rings is 1. The summed E-state index contributed by atoms with van der Waals surface area (Å²) in [7, 11) is 0. The highest BCUT2D eigenvalue weighted by Crippen LogP contribution is 2.46. The van der Waals surface area contributed by atoms with Crippen molar-refractivity contribution < 1.29 is 18.0 Å². The molecule has 3 atom stereocenters. The number of carbonyl (C=O) groups is 1. The summed E-state index contributed by atoms with van der Waals surface area (Å²) in [6, 6.07) is 1.01. The van der Waals surface area contributed by atoms with Crippen LogP contribution < -0.4 is 0 Å². The van der Waals surface area contributed by atoms with E-state index in [0.717, 1.165) is 12.1 Å². The van der Waals surface area contributed by atoms with Gasteiger partial charge in [-0.15, -0.1) is 0 Å². The number of amides is 1. The van der Waals surface area contributed by atoms with Crippen molar-refractivity contribution in [2.24, 2.45) is 0 Å². The Labute approximate surface area is 102 Å². The van der Waals surface area contributed by atoms with Crippen LogP contribution in [0.5, 0.6) is 0 Å². The first kappa shape index (κ1) is 11.6. The van der Waals surface area contributed by atoms with Crippen LogP contribution in [0.15, 0.2) is 12.1 Å². The molecule has 5 heteroatoms. The highest BCUT2D eigenvalue weighted by Gasteiger charge is 2.45. The summed E-state index contributed by atoms with van der Waals surface area (Å²) in [4.78, 5) is 13.2. The number of halogens is 3. The highest BCUT2D eigenvalue weighted by atomic mass is 19.2. The van der Waals surface area contributed by atoms with E-state index in [1.807, 2.05) is 0 Å². The van der Waals surface area contributed by atoms with Crippen molar-refractivity contribution in [3.63, 3.8) is 0 Å². The van der Waals surface area contributed by atoms with E-state index in [9.17, 15) is 18.0 Å². The van der Waals surface area contributed by atoms with Gasteiger partial charge in [-0.05, 0) is 36.6 Å². The Kier molecular flexibility index (Phi) is 2.40. The van der Waals surface area contributed by atoms with Gasteiger partial charge in [0.25, 0.3) is 0 Å². The molecule has 1 amide bonds. The van der Waals surface area contributed by atoms with Crippen molar-refractivity contribution in [2.45, 2.75) is 38.0 Å². The smallest absolute Gasteiger partial charge is 0.223 e. The lowest BCUT2D eigenvalue weighted by Gasteiger charge is -2.39. The van der Waals surface area contributed by atoms with Crippen molar-refractivity contribution in [3.05, 3.63) is 34.9 Å². The van der Waals surface area contributed by atoms with Gasteiger partial charge in [-0.25, -0.2) is 13.2 Å². The molecule has 96 valence electrons. The van der Waals surface area contributed by atoms with Gasteiger partial charge in [-0.3, -0.25) is 4.79 Å². The maximum Gasteiger partial charge on any atom is 0.223 e. The fraction of sp³-hybridized carbons (Fsp3) is 0.462. The summed E-state index contributed by atoms with van der Waals surface area (Å²) in [5, 5.41) is 0. The monoisotopic (exact) mass is 255 g/mol. The Hall–Kier alpha value is -1.52. The van der Waals surface area contributed by atoms with Gasteiger partial charge in [0.2, 0.25) is 5.91 Å². The molecule has 18 heavy (non-hydrogen) atoms. The van der Waals surface area contributed by atoms with Crippen molar-refractivity contribution in [3.8, 4) is 0 Å². The normalized spacial score (nSPS) is 30.3. The van der Waals surface area contributed by atoms with Crippen molar-refractivity contribution in [2.75, 3.05) is 0 Å². The van der Waals surface area contributed by atoms with E-state index in [-0.39, 0.29) is 17.5 Å². The lowest BCUT2D eigenvalue weighted by atomic mass is 9.87. The zero-order valence-electron chi connectivity index (χ0n) is 9.79. The third-order valence-electron chi connectivity index (χ3n) is 3.90. The molecule has 0 N–H and O–H groups in total. The number of hydrogen-bond donors (Lipinski definition) is 0. The first-order valence-corrected chi connectivity index (χ1v) is 5.94. The topological polar surface area (TPSA) is 20.3 Å². The molecule has 1 fully saturated rings. The molecule has 3 unspecified atom stereocenters. The number of hydrogen-bond acceptors (Lipinski definition) is 1. The van der Waals surface area contributed by atoms with Crippen molar-refractivity contribution in [1.82, 2.24) is 4.90 Å². The summed E-state index contributed by atoms with van der Waals surface area (Å²) < 4.78 is 40.7. The molecule has 2 aliphatic rings. The zero-order valence-corrected chi connectivity index (χ0v) is 9.79. The predicted molar refractivity (Wildman–Crippen MR) is 58.5 cm³/mol. The van der Waals surface area contributed by atoms with E-state index in [0.29, 0.717) is 18.4 Å². The van der Waals surface area contributed by atoms with E-state index in [4.69, 9.17) is 0 Å². The molecular weight excluding hydrogens is 243 g/mol. The molecule has 1 aromatic rings. The van der Waals surface area contributed by atoms with E-state index in [2.05, 4.69) is 0 Å². The maximum atomic E-state index is 14.2. The van der Waals surface area contributed by atoms with E-state index in [1.165, 1.54) is 4.90 Å². The standard InChI is InChI=1S/C13H12F3NO/c1-6-13(16)8-5-10(15)9(14)4-7(8)11-2-3-12(18)17(6)11/h4-6,11,13H,2-3H2,1H3. The van der Waals surface area contributed by atoms with Crippen LogP contribution in [0, 0.1) is 11.6 Å². The van der Waals surface area contributed by atoms with Gasteiger partial charge in [0.15, 0.2) is 11.6 Å². The predicted octanol–water partition coefficient (Wildman–Crippen LogP) is 3.04. The van der Waals surface area contributed by atoms with Crippen LogP contribution in [-0.4, -0.2) is 16.8 Å². The molecule has 0 saturated carbocycles. The van der Waals surface area contributed by atoms with Gasteiger partial charge in [0.05, 0.1) is 12.1 Å². The molecule has 0 radical (unpaired) electrons. The third-order valence-corrected chi connectivity index (χ3v) is 3.90. The molecule has 0 bridgehead atoms. The van der Waals surface area contributed by atoms with Crippen LogP contribution in [0.4, 0.5) is 13.2 Å². The molecule has 0 aliphatic carbocycles. The summed E-state index contributed by atoms with van der Waals surface area (Å²) in [6.07, 6.45) is -0.595. The number of alkyl halides is 1. The molecule has 2 aliphatic heterocycles. The van der Waals surface area contributed by atoms with Gasteiger partial charge >= 0.3 is 0 Å². The number of fused-ring (bicyclic) bond motifs is 3. The second-order valence-electron chi connectivity index (χ2n) is 4.89. The van der Waals surface area contributed by atoms with Crippen molar-refractivity contribution in [1.29, 1.82) is 0 Å². The Balaban J connectivity index is 2.18. The van der Waals surface area contributed by atoms with E-state index in [1.54, 1.807) is 6.92 Å². The minimum atomic E-state index is -1.46.